The van der Waals surface area contributed by atoms with Gasteiger partial charge in [0.2, 0.25) is 0 Å². The Bertz CT molecular complexity index is 1730. The fourth-order valence-corrected chi connectivity index (χ4v) is 5.36. The van der Waals surface area contributed by atoms with Crippen LogP contribution in [-0.2, 0) is 9.53 Å². The number of hydrogen-bond acceptors (Lipinski definition) is 6. The van der Waals surface area contributed by atoms with Gasteiger partial charge in [-0.2, -0.15) is 0 Å². The van der Waals surface area contributed by atoms with E-state index in [1.807, 2.05) is 84.9 Å². The zero-order valence-corrected chi connectivity index (χ0v) is 21.5. The molecule has 7 heteroatoms. The fourth-order valence-electron chi connectivity index (χ4n) is 4.36. The summed E-state index contributed by atoms with van der Waals surface area (Å²) in [6.45, 7) is 2.12. The van der Waals surface area contributed by atoms with Crippen LogP contribution < -0.4 is 19.6 Å². The molecule has 2 heterocycles. The topological polar surface area (TPSA) is 69.9 Å². The van der Waals surface area contributed by atoms with Crippen LogP contribution in [0, 0.1) is 12.3 Å². The van der Waals surface area contributed by atoms with Crippen molar-refractivity contribution in [3.05, 3.63) is 127 Å². The van der Waals surface area contributed by atoms with Crippen LogP contribution in [0.2, 0.25) is 0 Å². The van der Waals surface area contributed by atoms with Crippen LogP contribution in [0.15, 0.2) is 100 Å². The lowest BCUT2D eigenvalue weighted by atomic mass is 9.93. The quantitative estimate of drug-likeness (QED) is 0.273. The molecule has 1 atom stereocenters. The molecule has 1 aliphatic rings. The van der Waals surface area contributed by atoms with Gasteiger partial charge >= 0.3 is 5.97 Å². The number of benzene rings is 3. The number of fused-ring (bicyclic) bond motifs is 1. The zero-order chi connectivity index (χ0) is 26.5. The van der Waals surface area contributed by atoms with Crippen molar-refractivity contribution in [3.8, 4) is 18.1 Å². The predicted molar refractivity (Wildman–Crippen MR) is 148 cm³/mol. The maximum Gasteiger partial charge on any atom is 0.338 e. The molecule has 6 nitrogen and oxygen atoms in total. The molecular weight excluding hydrogens is 496 g/mol. The number of aromatic nitrogens is 1. The van der Waals surface area contributed by atoms with Crippen molar-refractivity contribution >= 4 is 29.1 Å². The van der Waals surface area contributed by atoms with Crippen LogP contribution in [0.3, 0.4) is 0 Å². The average Bonchev–Trinajstić information content (AvgIpc) is 3.26. The molecule has 0 fully saturated rings. The highest BCUT2D eigenvalue weighted by molar-refractivity contribution is 7.07. The maximum atomic E-state index is 13.9. The number of thiazole rings is 1. The minimum absolute atomic E-state index is 0.154. The van der Waals surface area contributed by atoms with Crippen LogP contribution >= 0.6 is 11.3 Å². The summed E-state index contributed by atoms with van der Waals surface area (Å²) < 4.78 is 13.1. The molecule has 188 valence electrons. The van der Waals surface area contributed by atoms with Crippen molar-refractivity contribution in [2.24, 2.45) is 4.99 Å². The van der Waals surface area contributed by atoms with Crippen molar-refractivity contribution in [3.63, 3.8) is 0 Å². The van der Waals surface area contributed by atoms with E-state index < -0.39 is 12.0 Å². The first-order valence-electron chi connectivity index (χ1n) is 12.1. The molecule has 1 aromatic heterocycles. The highest BCUT2D eigenvalue weighted by atomic mass is 32.1. The van der Waals surface area contributed by atoms with Crippen LogP contribution in [0.5, 0.6) is 5.75 Å². The number of ether oxygens (including phenoxy) is 2. The Kier molecular flexibility index (Phi) is 7.34. The number of rotatable bonds is 7. The first-order chi connectivity index (χ1) is 18.6. The third kappa shape index (κ3) is 4.95. The summed E-state index contributed by atoms with van der Waals surface area (Å²) >= 11 is 1.27. The zero-order valence-electron chi connectivity index (χ0n) is 20.7. The Hall–Kier alpha value is -4.67. The summed E-state index contributed by atoms with van der Waals surface area (Å²) in [7, 11) is 0. The SMILES string of the molecule is C#CCOc1cccc(/C=c2\sc3n(c2=O)[C@H](c2ccccc2)C(C(=O)OCC)=C(c2ccccc2)N=3)c1. The van der Waals surface area contributed by atoms with E-state index in [0.29, 0.717) is 26.4 Å². The van der Waals surface area contributed by atoms with Crippen LogP contribution in [-0.4, -0.2) is 23.8 Å². The van der Waals surface area contributed by atoms with Gasteiger partial charge in [-0.3, -0.25) is 9.36 Å². The Balaban J connectivity index is 1.76. The fraction of sp³-hybridized carbons (Fsp3) is 0.129. The first-order valence-corrected chi connectivity index (χ1v) is 12.9. The molecule has 0 aliphatic carbocycles. The third-order valence-corrected chi connectivity index (χ3v) is 6.95. The molecule has 0 spiro atoms. The van der Waals surface area contributed by atoms with Crippen LogP contribution in [0.1, 0.15) is 29.7 Å². The molecule has 0 bridgehead atoms. The minimum atomic E-state index is -0.700. The molecule has 0 N–H and O–H groups in total. The van der Waals surface area contributed by atoms with Crippen molar-refractivity contribution in [2.45, 2.75) is 13.0 Å². The van der Waals surface area contributed by atoms with Gasteiger partial charge in [0.15, 0.2) is 4.80 Å². The minimum Gasteiger partial charge on any atom is -0.481 e. The Labute approximate surface area is 223 Å². The average molecular weight is 521 g/mol. The lowest BCUT2D eigenvalue weighted by Crippen LogP contribution is -2.39. The predicted octanol–water partition coefficient (Wildman–Crippen LogP) is 3.95. The van der Waals surface area contributed by atoms with Gasteiger partial charge in [0.25, 0.3) is 5.56 Å². The standard InChI is InChI=1S/C31H24N2O4S/c1-3-18-37-24-17-11-12-21(19-24)20-25-29(34)33-28(23-15-9-6-10-16-23)26(30(35)36-4-2)27(32-31(33)38-25)22-13-7-5-8-14-22/h1,5-17,19-20,28H,4,18H2,2H3/b25-20-/t28-/m1/s1. The molecule has 0 unspecified atom stereocenters. The van der Waals surface area contributed by atoms with E-state index in [9.17, 15) is 9.59 Å². The molecular formula is C31H24N2O4S. The third-order valence-electron chi connectivity index (χ3n) is 5.97. The molecule has 0 saturated heterocycles. The van der Waals surface area contributed by atoms with Gasteiger partial charge in [-0.15, -0.1) is 6.42 Å². The Morgan fingerprint density at radius 3 is 2.53 bits per heavy atom. The van der Waals surface area contributed by atoms with Gasteiger partial charge in [0, 0.05) is 5.56 Å². The highest BCUT2D eigenvalue weighted by Gasteiger charge is 2.35. The summed E-state index contributed by atoms with van der Waals surface area (Å²) in [5, 5.41) is 0. The van der Waals surface area contributed by atoms with E-state index in [1.165, 1.54) is 11.3 Å². The smallest absolute Gasteiger partial charge is 0.338 e. The van der Waals surface area contributed by atoms with Crippen LogP contribution in [0.25, 0.3) is 11.8 Å². The summed E-state index contributed by atoms with van der Waals surface area (Å²) in [6.07, 6.45) is 7.10. The van der Waals surface area contributed by atoms with Crippen molar-refractivity contribution in [2.75, 3.05) is 13.2 Å². The van der Waals surface area contributed by atoms with Gasteiger partial charge in [0.05, 0.1) is 28.5 Å². The second kappa shape index (κ2) is 11.2. The van der Waals surface area contributed by atoms with Gasteiger partial charge in [0.1, 0.15) is 12.4 Å². The number of terminal acetylenes is 1. The molecule has 1 aliphatic heterocycles. The van der Waals surface area contributed by atoms with Crippen molar-refractivity contribution < 1.29 is 14.3 Å². The van der Waals surface area contributed by atoms with Gasteiger partial charge in [-0.25, -0.2) is 9.79 Å². The van der Waals surface area contributed by atoms with E-state index in [4.69, 9.17) is 20.9 Å². The lowest BCUT2D eigenvalue weighted by Gasteiger charge is -2.25. The maximum absolute atomic E-state index is 13.9. The second-order valence-electron chi connectivity index (χ2n) is 8.41. The Morgan fingerprint density at radius 2 is 1.82 bits per heavy atom. The van der Waals surface area contributed by atoms with Gasteiger partial charge < -0.3 is 9.47 Å². The van der Waals surface area contributed by atoms with E-state index in [2.05, 4.69) is 5.92 Å². The number of carbonyl (C=O) groups is 1. The summed E-state index contributed by atoms with van der Waals surface area (Å²) in [4.78, 5) is 32.7. The lowest BCUT2D eigenvalue weighted by molar-refractivity contribution is -0.138. The number of hydrogen-bond donors (Lipinski definition) is 0. The molecule has 3 aromatic carbocycles. The summed E-state index contributed by atoms with van der Waals surface area (Å²) in [5.41, 5.74) is 2.92. The molecule has 0 radical (unpaired) electrons. The van der Waals surface area contributed by atoms with Crippen LogP contribution in [0.4, 0.5) is 0 Å². The van der Waals surface area contributed by atoms with E-state index in [1.54, 1.807) is 17.6 Å². The van der Waals surface area contributed by atoms with E-state index in [0.717, 1.165) is 16.7 Å². The molecule has 0 saturated carbocycles. The van der Waals surface area contributed by atoms with E-state index >= 15 is 0 Å². The largest absolute Gasteiger partial charge is 0.481 e. The normalized spacial score (nSPS) is 14.8. The van der Waals surface area contributed by atoms with E-state index in [-0.39, 0.29) is 18.8 Å². The van der Waals surface area contributed by atoms with Gasteiger partial charge in [-0.05, 0) is 36.3 Å². The number of nitrogens with zero attached hydrogens (tertiary/aromatic N) is 2. The molecule has 0 amide bonds. The number of carbonyl (C=O) groups excluding carboxylic acids is 1. The van der Waals surface area contributed by atoms with Gasteiger partial charge in [-0.1, -0.05) is 90.1 Å². The summed E-state index contributed by atoms with van der Waals surface area (Å²) in [6, 6.07) is 25.6. The first kappa shape index (κ1) is 25.0. The second-order valence-corrected chi connectivity index (χ2v) is 9.42. The highest BCUT2D eigenvalue weighted by Crippen LogP contribution is 2.35. The summed E-state index contributed by atoms with van der Waals surface area (Å²) in [5.74, 6) is 2.56. The molecule has 5 rings (SSSR count). The monoisotopic (exact) mass is 520 g/mol. The Morgan fingerprint density at radius 1 is 1.08 bits per heavy atom. The van der Waals surface area contributed by atoms with Crippen molar-refractivity contribution in [1.29, 1.82) is 0 Å². The van der Waals surface area contributed by atoms with Crippen molar-refractivity contribution in [1.82, 2.24) is 4.57 Å². The number of esters is 1. The molecule has 38 heavy (non-hydrogen) atoms. The molecule has 4 aromatic rings.